The molecule has 2 amide bonds. The molecule has 0 spiro atoms. The van der Waals surface area contributed by atoms with E-state index in [-0.39, 0.29) is 23.5 Å². The van der Waals surface area contributed by atoms with Gasteiger partial charge in [0.15, 0.2) is 0 Å². The van der Waals surface area contributed by atoms with Gasteiger partial charge in [-0.1, -0.05) is 0 Å². The van der Waals surface area contributed by atoms with Gasteiger partial charge in [-0.2, -0.15) is 0 Å². The van der Waals surface area contributed by atoms with Gasteiger partial charge in [0.2, 0.25) is 5.91 Å². The summed E-state index contributed by atoms with van der Waals surface area (Å²) < 4.78 is 14.0. The maximum absolute atomic E-state index is 14.0. The molecule has 0 saturated carbocycles. The van der Waals surface area contributed by atoms with Crippen molar-refractivity contribution in [1.29, 1.82) is 0 Å². The first kappa shape index (κ1) is 19.4. The van der Waals surface area contributed by atoms with E-state index in [9.17, 15) is 14.0 Å². The molecule has 8 heteroatoms. The lowest BCUT2D eigenvalue weighted by Gasteiger charge is -2.31. The number of likely N-dealkylation sites (tertiary alicyclic amines) is 2. The van der Waals surface area contributed by atoms with Gasteiger partial charge in [-0.3, -0.25) is 24.5 Å². The van der Waals surface area contributed by atoms with Crippen molar-refractivity contribution in [2.24, 2.45) is 11.3 Å². The number of hydrogen-bond donors (Lipinski definition) is 0. The first-order valence-corrected chi connectivity index (χ1v) is 9.62. The highest BCUT2D eigenvalue weighted by molar-refractivity contribution is 5.95. The average molecular weight is 397 g/mol. The molecule has 0 aromatic carbocycles. The van der Waals surface area contributed by atoms with Gasteiger partial charge < -0.3 is 9.80 Å². The molecule has 2 aliphatic rings. The summed E-state index contributed by atoms with van der Waals surface area (Å²) in [6.45, 7) is 2.44. The normalized spacial score (nSPS) is 23.8. The van der Waals surface area contributed by atoms with Crippen molar-refractivity contribution in [2.75, 3.05) is 40.3 Å². The molecule has 4 rings (SSSR count). The summed E-state index contributed by atoms with van der Waals surface area (Å²) in [5.74, 6) is -0.398. The Morgan fingerprint density at radius 1 is 1.14 bits per heavy atom. The topological polar surface area (TPSA) is 69.6 Å². The lowest BCUT2D eigenvalue weighted by Crippen LogP contribution is -2.47. The van der Waals surface area contributed by atoms with Crippen molar-refractivity contribution in [3.63, 3.8) is 0 Å². The van der Waals surface area contributed by atoms with Crippen molar-refractivity contribution in [1.82, 2.24) is 24.7 Å². The van der Waals surface area contributed by atoms with Crippen molar-refractivity contribution in [3.05, 3.63) is 59.9 Å². The second-order valence-corrected chi connectivity index (χ2v) is 8.11. The van der Waals surface area contributed by atoms with Crippen LogP contribution in [0.5, 0.6) is 0 Å². The number of amides is 2. The predicted octanol–water partition coefficient (Wildman–Crippen LogP) is 1.28. The lowest BCUT2D eigenvalue weighted by atomic mass is 9.80. The number of fused-ring (bicyclic) bond motifs is 1. The summed E-state index contributed by atoms with van der Waals surface area (Å²) in [6.07, 6.45) is 5.97. The van der Waals surface area contributed by atoms with E-state index in [2.05, 4.69) is 14.9 Å². The number of aromatic nitrogens is 2. The van der Waals surface area contributed by atoms with Crippen LogP contribution in [0, 0.1) is 17.2 Å². The molecule has 0 bridgehead atoms. The molecule has 2 atom stereocenters. The summed E-state index contributed by atoms with van der Waals surface area (Å²) in [6, 6.07) is 5.05. The van der Waals surface area contributed by atoms with E-state index < -0.39 is 5.41 Å². The van der Waals surface area contributed by atoms with Gasteiger partial charge >= 0.3 is 0 Å². The second kappa shape index (κ2) is 7.51. The zero-order chi connectivity index (χ0) is 20.6. The first-order valence-electron chi connectivity index (χ1n) is 9.62. The minimum atomic E-state index is -0.671. The molecule has 0 radical (unpaired) electrons. The SMILES string of the molecule is CN(C)C(=O)[C@@]12CN(Cc3ccncc3F)C[C@@H]1CN(C(=O)c1ccncc1)C2. The molecule has 2 aromatic rings. The fourth-order valence-electron chi connectivity index (χ4n) is 4.64. The van der Waals surface area contributed by atoms with Crippen LogP contribution in [0.15, 0.2) is 43.0 Å². The Hall–Kier alpha value is -2.87. The number of hydrogen-bond acceptors (Lipinski definition) is 5. The van der Waals surface area contributed by atoms with E-state index in [4.69, 9.17) is 0 Å². The predicted molar refractivity (Wildman–Crippen MR) is 104 cm³/mol. The van der Waals surface area contributed by atoms with Crippen LogP contribution in [0.2, 0.25) is 0 Å². The zero-order valence-corrected chi connectivity index (χ0v) is 16.6. The van der Waals surface area contributed by atoms with Crippen LogP contribution >= 0.6 is 0 Å². The summed E-state index contributed by atoms with van der Waals surface area (Å²) in [5, 5.41) is 0. The van der Waals surface area contributed by atoms with Crippen LogP contribution in [0.25, 0.3) is 0 Å². The molecule has 2 aliphatic heterocycles. The maximum Gasteiger partial charge on any atom is 0.254 e. The Kier molecular flexibility index (Phi) is 5.04. The van der Waals surface area contributed by atoms with Gasteiger partial charge in [0.05, 0.1) is 11.6 Å². The minimum Gasteiger partial charge on any atom is -0.348 e. The van der Waals surface area contributed by atoms with Gasteiger partial charge in [0, 0.05) is 82.5 Å². The highest BCUT2D eigenvalue weighted by atomic mass is 19.1. The monoisotopic (exact) mass is 397 g/mol. The second-order valence-electron chi connectivity index (χ2n) is 8.11. The number of nitrogens with zero attached hydrogens (tertiary/aromatic N) is 5. The first-order chi connectivity index (χ1) is 13.9. The van der Waals surface area contributed by atoms with Crippen molar-refractivity contribution < 1.29 is 14.0 Å². The van der Waals surface area contributed by atoms with E-state index in [1.165, 1.54) is 6.20 Å². The van der Waals surface area contributed by atoms with Crippen LogP contribution in [-0.2, 0) is 11.3 Å². The Morgan fingerprint density at radius 2 is 1.86 bits per heavy atom. The van der Waals surface area contributed by atoms with Crippen molar-refractivity contribution in [3.8, 4) is 0 Å². The number of halogens is 1. The summed E-state index contributed by atoms with van der Waals surface area (Å²) in [7, 11) is 3.49. The van der Waals surface area contributed by atoms with E-state index in [0.717, 1.165) is 0 Å². The third-order valence-corrected chi connectivity index (χ3v) is 5.98. The highest BCUT2D eigenvalue weighted by Crippen LogP contribution is 2.44. The lowest BCUT2D eigenvalue weighted by molar-refractivity contribution is -0.139. The Labute approximate surface area is 169 Å². The van der Waals surface area contributed by atoms with Crippen molar-refractivity contribution in [2.45, 2.75) is 6.54 Å². The number of rotatable bonds is 4. The van der Waals surface area contributed by atoms with Gasteiger partial charge in [0.25, 0.3) is 5.91 Å². The Balaban J connectivity index is 1.56. The molecule has 4 heterocycles. The average Bonchev–Trinajstić information content (AvgIpc) is 3.24. The van der Waals surface area contributed by atoms with E-state index in [1.54, 1.807) is 60.7 Å². The van der Waals surface area contributed by atoms with Crippen LogP contribution in [-0.4, -0.2) is 76.8 Å². The third-order valence-electron chi connectivity index (χ3n) is 5.98. The molecule has 0 N–H and O–H groups in total. The highest BCUT2D eigenvalue weighted by Gasteiger charge is 2.58. The molecule has 0 aliphatic carbocycles. The number of carbonyl (C=O) groups excluding carboxylic acids is 2. The molecule has 0 unspecified atom stereocenters. The van der Waals surface area contributed by atoms with Crippen LogP contribution in [0.4, 0.5) is 4.39 Å². The maximum atomic E-state index is 14.0. The van der Waals surface area contributed by atoms with Gasteiger partial charge in [-0.25, -0.2) is 4.39 Å². The quantitative estimate of drug-likeness (QED) is 0.777. The number of carbonyl (C=O) groups is 2. The summed E-state index contributed by atoms with van der Waals surface area (Å²) >= 11 is 0. The molecular formula is C21H24FN5O2. The molecular weight excluding hydrogens is 373 g/mol. The van der Waals surface area contributed by atoms with Crippen molar-refractivity contribution >= 4 is 11.8 Å². The van der Waals surface area contributed by atoms with Gasteiger partial charge in [-0.05, 0) is 18.2 Å². The van der Waals surface area contributed by atoms with E-state index in [1.807, 2.05) is 0 Å². The summed E-state index contributed by atoms with van der Waals surface area (Å²) in [4.78, 5) is 39.4. The van der Waals surface area contributed by atoms with Crippen LogP contribution in [0.3, 0.4) is 0 Å². The van der Waals surface area contributed by atoms with Crippen LogP contribution in [0.1, 0.15) is 15.9 Å². The fourth-order valence-corrected chi connectivity index (χ4v) is 4.64. The molecule has 2 fully saturated rings. The summed E-state index contributed by atoms with van der Waals surface area (Å²) in [5.41, 5.74) is 0.468. The fraction of sp³-hybridized carbons (Fsp3) is 0.429. The third kappa shape index (κ3) is 3.48. The molecule has 2 saturated heterocycles. The largest absolute Gasteiger partial charge is 0.348 e. The smallest absolute Gasteiger partial charge is 0.254 e. The molecule has 2 aromatic heterocycles. The van der Waals surface area contributed by atoms with Gasteiger partial charge in [-0.15, -0.1) is 0 Å². The van der Waals surface area contributed by atoms with Crippen LogP contribution < -0.4 is 0 Å². The molecule has 7 nitrogen and oxygen atoms in total. The van der Waals surface area contributed by atoms with E-state index in [0.29, 0.717) is 43.9 Å². The van der Waals surface area contributed by atoms with Gasteiger partial charge in [0.1, 0.15) is 5.82 Å². The Bertz CT molecular complexity index is 922. The van der Waals surface area contributed by atoms with E-state index >= 15 is 0 Å². The number of pyridine rings is 2. The molecule has 29 heavy (non-hydrogen) atoms. The zero-order valence-electron chi connectivity index (χ0n) is 16.6. The minimum absolute atomic E-state index is 0.00749. The standard InChI is InChI=1S/C21H24FN5O2/c1-25(2)20(29)21-13-26(10-16-5-8-24-9-18(16)22)11-17(21)12-27(14-21)19(28)15-3-6-23-7-4-15/h3-9,17H,10-14H2,1-2H3/t17-,21-/m1/s1. The molecule has 152 valence electrons. The Morgan fingerprint density at radius 3 is 2.55 bits per heavy atom.